The molecule has 2 amide bonds. The third kappa shape index (κ3) is 4.44. The van der Waals surface area contributed by atoms with Crippen LogP contribution in [0.3, 0.4) is 0 Å². The van der Waals surface area contributed by atoms with Crippen molar-refractivity contribution >= 4 is 17.8 Å². The maximum atomic E-state index is 11.3. The number of carbonyl (C=O) groups excluding carboxylic acids is 2. The Balaban J connectivity index is 2.38. The van der Waals surface area contributed by atoms with E-state index in [9.17, 15) is 14.4 Å². The SMILES string of the molecule is NC(=O)C[C@H](NC(=O)CC1CC1)C(=O)O. The number of amides is 2. The van der Waals surface area contributed by atoms with Crippen molar-refractivity contribution in [2.45, 2.75) is 31.7 Å². The molecule has 0 aromatic heterocycles. The maximum absolute atomic E-state index is 11.3. The molecule has 1 saturated carbocycles. The van der Waals surface area contributed by atoms with E-state index in [1.165, 1.54) is 0 Å². The molecule has 0 aromatic rings. The zero-order valence-corrected chi connectivity index (χ0v) is 8.23. The molecule has 1 atom stereocenters. The number of nitrogens with two attached hydrogens (primary N) is 1. The van der Waals surface area contributed by atoms with E-state index in [1.807, 2.05) is 0 Å². The molecule has 4 N–H and O–H groups in total. The largest absolute Gasteiger partial charge is 0.480 e. The first-order valence-corrected chi connectivity index (χ1v) is 4.79. The lowest BCUT2D eigenvalue weighted by Crippen LogP contribution is -2.43. The molecule has 6 heteroatoms. The van der Waals surface area contributed by atoms with Crippen LogP contribution in [0.4, 0.5) is 0 Å². The van der Waals surface area contributed by atoms with Crippen LogP contribution >= 0.6 is 0 Å². The smallest absolute Gasteiger partial charge is 0.326 e. The minimum Gasteiger partial charge on any atom is -0.480 e. The van der Waals surface area contributed by atoms with Gasteiger partial charge in [-0.25, -0.2) is 4.79 Å². The topological polar surface area (TPSA) is 109 Å². The number of carbonyl (C=O) groups is 3. The van der Waals surface area contributed by atoms with Gasteiger partial charge in [-0.2, -0.15) is 0 Å². The van der Waals surface area contributed by atoms with Crippen LogP contribution in [0, 0.1) is 5.92 Å². The number of carboxylic acids is 1. The zero-order valence-electron chi connectivity index (χ0n) is 8.23. The van der Waals surface area contributed by atoms with Crippen molar-refractivity contribution in [2.24, 2.45) is 11.7 Å². The van der Waals surface area contributed by atoms with Crippen molar-refractivity contribution in [2.75, 3.05) is 0 Å². The van der Waals surface area contributed by atoms with E-state index in [2.05, 4.69) is 5.32 Å². The summed E-state index contributed by atoms with van der Waals surface area (Å²) in [7, 11) is 0. The minimum atomic E-state index is -1.24. The molecule has 0 aliphatic heterocycles. The Morgan fingerprint density at radius 1 is 1.40 bits per heavy atom. The van der Waals surface area contributed by atoms with Gasteiger partial charge in [0.2, 0.25) is 11.8 Å². The first-order chi connectivity index (χ1) is 6.99. The molecule has 0 saturated heterocycles. The Bertz CT molecular complexity index is 286. The van der Waals surface area contributed by atoms with Crippen molar-refractivity contribution in [3.8, 4) is 0 Å². The molecule has 0 spiro atoms. The highest BCUT2D eigenvalue weighted by Gasteiger charge is 2.27. The Morgan fingerprint density at radius 2 is 2.00 bits per heavy atom. The summed E-state index contributed by atoms with van der Waals surface area (Å²) in [6, 6.07) is -1.20. The summed E-state index contributed by atoms with van der Waals surface area (Å²) < 4.78 is 0. The van der Waals surface area contributed by atoms with Crippen LogP contribution in [-0.4, -0.2) is 28.9 Å². The van der Waals surface area contributed by atoms with Crippen LogP contribution in [-0.2, 0) is 14.4 Å². The van der Waals surface area contributed by atoms with Gasteiger partial charge in [0.15, 0.2) is 0 Å². The Labute approximate surface area is 86.8 Å². The van der Waals surface area contributed by atoms with Gasteiger partial charge in [-0.1, -0.05) is 0 Å². The molecule has 1 fully saturated rings. The summed E-state index contributed by atoms with van der Waals surface area (Å²) in [5.41, 5.74) is 4.87. The predicted molar refractivity (Wildman–Crippen MR) is 50.7 cm³/mol. The Morgan fingerprint density at radius 3 is 2.40 bits per heavy atom. The van der Waals surface area contributed by atoms with Gasteiger partial charge in [0.1, 0.15) is 6.04 Å². The van der Waals surface area contributed by atoms with E-state index >= 15 is 0 Å². The molecular weight excluding hydrogens is 200 g/mol. The van der Waals surface area contributed by atoms with Gasteiger partial charge in [0.05, 0.1) is 6.42 Å². The maximum Gasteiger partial charge on any atom is 0.326 e. The highest BCUT2D eigenvalue weighted by molar-refractivity contribution is 5.88. The molecular formula is C9H14N2O4. The molecule has 1 aliphatic rings. The first kappa shape index (κ1) is 11.5. The highest BCUT2D eigenvalue weighted by atomic mass is 16.4. The number of carboxylic acid groups (broad SMARTS) is 1. The number of primary amides is 1. The second kappa shape index (κ2) is 4.77. The van der Waals surface area contributed by atoms with E-state index < -0.39 is 17.9 Å². The quantitative estimate of drug-likeness (QED) is 0.539. The fourth-order valence-corrected chi connectivity index (χ4v) is 1.24. The highest BCUT2D eigenvalue weighted by Crippen LogP contribution is 2.32. The summed E-state index contributed by atoms with van der Waals surface area (Å²) >= 11 is 0. The lowest BCUT2D eigenvalue weighted by molar-refractivity contribution is -0.143. The molecule has 0 bridgehead atoms. The summed E-state index contributed by atoms with van der Waals surface area (Å²) in [4.78, 5) is 32.5. The molecule has 6 nitrogen and oxygen atoms in total. The third-order valence-corrected chi connectivity index (χ3v) is 2.21. The molecule has 84 valence electrons. The fraction of sp³-hybridized carbons (Fsp3) is 0.667. The number of aliphatic carboxylic acids is 1. The van der Waals surface area contributed by atoms with Crippen LogP contribution in [0.1, 0.15) is 25.7 Å². The first-order valence-electron chi connectivity index (χ1n) is 4.79. The average molecular weight is 214 g/mol. The van der Waals surface area contributed by atoms with Crippen molar-refractivity contribution in [1.82, 2.24) is 5.32 Å². The van der Waals surface area contributed by atoms with E-state index in [4.69, 9.17) is 10.8 Å². The van der Waals surface area contributed by atoms with Crippen molar-refractivity contribution < 1.29 is 19.5 Å². The van der Waals surface area contributed by atoms with Gasteiger partial charge in [0.25, 0.3) is 0 Å². The molecule has 0 radical (unpaired) electrons. The fourth-order valence-electron chi connectivity index (χ4n) is 1.24. The van der Waals surface area contributed by atoms with Crippen LogP contribution in [0.15, 0.2) is 0 Å². The molecule has 15 heavy (non-hydrogen) atoms. The number of nitrogens with one attached hydrogen (secondary N) is 1. The van der Waals surface area contributed by atoms with Crippen LogP contribution in [0.25, 0.3) is 0 Å². The van der Waals surface area contributed by atoms with Crippen molar-refractivity contribution in [1.29, 1.82) is 0 Å². The van der Waals surface area contributed by atoms with Crippen LogP contribution in [0.5, 0.6) is 0 Å². The van der Waals surface area contributed by atoms with Gasteiger partial charge >= 0.3 is 5.97 Å². The van der Waals surface area contributed by atoms with E-state index in [0.29, 0.717) is 12.3 Å². The van der Waals surface area contributed by atoms with Gasteiger partial charge in [-0.15, -0.1) is 0 Å². The van der Waals surface area contributed by atoms with E-state index in [-0.39, 0.29) is 12.3 Å². The van der Waals surface area contributed by atoms with Crippen LogP contribution in [0.2, 0.25) is 0 Å². The lowest BCUT2D eigenvalue weighted by Gasteiger charge is -2.12. The molecule has 0 unspecified atom stereocenters. The van der Waals surface area contributed by atoms with Crippen molar-refractivity contribution in [3.05, 3.63) is 0 Å². The average Bonchev–Trinajstić information content (AvgIpc) is 2.85. The zero-order chi connectivity index (χ0) is 11.4. The Kier molecular flexibility index (Phi) is 3.65. The second-order valence-corrected chi connectivity index (χ2v) is 3.78. The molecule has 1 rings (SSSR count). The summed E-state index contributed by atoms with van der Waals surface area (Å²) in [5.74, 6) is -1.92. The summed E-state index contributed by atoms with van der Waals surface area (Å²) in [6.45, 7) is 0. The summed E-state index contributed by atoms with van der Waals surface area (Å²) in [5, 5.41) is 11.0. The number of hydrogen-bond acceptors (Lipinski definition) is 3. The van der Waals surface area contributed by atoms with Gasteiger partial charge in [-0.05, 0) is 18.8 Å². The third-order valence-electron chi connectivity index (χ3n) is 2.21. The molecule has 0 heterocycles. The van der Waals surface area contributed by atoms with Gasteiger partial charge in [0, 0.05) is 6.42 Å². The van der Waals surface area contributed by atoms with Crippen molar-refractivity contribution in [3.63, 3.8) is 0 Å². The monoisotopic (exact) mass is 214 g/mol. The van der Waals surface area contributed by atoms with Crippen LogP contribution < -0.4 is 11.1 Å². The lowest BCUT2D eigenvalue weighted by atomic mass is 10.2. The number of hydrogen-bond donors (Lipinski definition) is 3. The Hall–Kier alpha value is -1.59. The second-order valence-electron chi connectivity index (χ2n) is 3.78. The van der Waals surface area contributed by atoms with Gasteiger partial charge < -0.3 is 16.2 Å². The predicted octanol–water partition coefficient (Wildman–Crippen LogP) is -0.769. The van der Waals surface area contributed by atoms with E-state index in [0.717, 1.165) is 12.8 Å². The standard InChI is InChI=1S/C9H14N2O4/c10-7(12)4-6(9(14)15)11-8(13)3-5-1-2-5/h5-6H,1-4H2,(H2,10,12)(H,11,13)(H,14,15)/t6-/m0/s1. The molecule has 1 aliphatic carbocycles. The minimum absolute atomic E-state index is 0.328. The van der Waals surface area contributed by atoms with E-state index in [1.54, 1.807) is 0 Å². The number of rotatable bonds is 6. The normalized spacial score (nSPS) is 16.8. The summed E-state index contributed by atoms with van der Waals surface area (Å²) in [6.07, 6.45) is 2.00. The molecule has 0 aromatic carbocycles. The van der Waals surface area contributed by atoms with Gasteiger partial charge in [-0.3, -0.25) is 9.59 Å².